The van der Waals surface area contributed by atoms with E-state index >= 15 is 0 Å². The number of benzene rings is 7. The number of hydrogen-bond acceptors (Lipinski definition) is 1. The molecule has 51 heavy (non-hydrogen) atoms. The van der Waals surface area contributed by atoms with Crippen LogP contribution in [0.1, 0.15) is 39.7 Å². The van der Waals surface area contributed by atoms with Crippen LogP contribution in [0.2, 0.25) is 0 Å². The summed E-state index contributed by atoms with van der Waals surface area (Å²) in [5.41, 5.74) is 15.1. The van der Waals surface area contributed by atoms with E-state index in [4.69, 9.17) is 0 Å². The third-order valence-electron chi connectivity index (χ3n) is 9.74. The molecule has 0 spiro atoms. The van der Waals surface area contributed by atoms with Crippen LogP contribution in [-0.4, -0.2) is 11.1 Å². The fraction of sp³-hybridized carbons (Fsp3) is 0.143. The molecule has 0 fully saturated rings. The summed E-state index contributed by atoms with van der Waals surface area (Å²) in [5.74, 6) is 0. The molecular formula is C49H46N2. The van der Waals surface area contributed by atoms with Crippen molar-refractivity contribution < 1.29 is 0 Å². The minimum absolute atomic E-state index is 1.04. The van der Waals surface area contributed by atoms with Crippen LogP contribution in [0.4, 0.5) is 11.4 Å². The van der Waals surface area contributed by atoms with Crippen molar-refractivity contribution in [3.05, 3.63) is 175 Å². The summed E-state index contributed by atoms with van der Waals surface area (Å²) in [5, 5.41) is 2.57. The standard InChI is InChI=1S/C45H34N2.2C2H6/c1-2-9-32(10-3-1)37-24-29-43-38(31-37)11-8-30-46(43)39-25-20-35(21-26-39)33-16-18-34(19-17-33)36-22-27-40(28-23-36)47-44-14-6-4-12-41(44)42-13-5-7-15-45(42)47;2*1-2/h1-7,9-10,12-29,31H,8,11,30H2;2*1-2H3. The molecule has 0 amide bonds. The van der Waals surface area contributed by atoms with Crippen LogP contribution in [0.3, 0.4) is 0 Å². The minimum atomic E-state index is 1.04. The highest BCUT2D eigenvalue weighted by Crippen LogP contribution is 2.37. The molecule has 0 unspecified atom stereocenters. The zero-order valence-corrected chi connectivity index (χ0v) is 30.2. The molecule has 0 N–H and O–H groups in total. The topological polar surface area (TPSA) is 8.17 Å². The summed E-state index contributed by atoms with van der Waals surface area (Å²) in [6, 6.07) is 62.0. The van der Waals surface area contributed by atoms with Gasteiger partial charge in [-0.15, -0.1) is 0 Å². The second-order valence-electron chi connectivity index (χ2n) is 12.5. The van der Waals surface area contributed by atoms with Crippen LogP contribution in [0, 0.1) is 0 Å². The Bertz CT molecular complexity index is 2290. The van der Waals surface area contributed by atoms with E-state index in [1.807, 2.05) is 27.7 Å². The Morgan fingerprint density at radius 3 is 1.37 bits per heavy atom. The van der Waals surface area contributed by atoms with Gasteiger partial charge in [-0.2, -0.15) is 0 Å². The number of hydrogen-bond donors (Lipinski definition) is 0. The Kier molecular flexibility index (Phi) is 10.1. The van der Waals surface area contributed by atoms with Crippen molar-refractivity contribution in [1.82, 2.24) is 4.57 Å². The Hall–Kier alpha value is -5.86. The van der Waals surface area contributed by atoms with Crippen molar-refractivity contribution in [3.8, 4) is 39.1 Å². The average Bonchev–Trinajstić information content (AvgIpc) is 3.57. The summed E-state index contributed by atoms with van der Waals surface area (Å²) in [6.45, 7) is 9.04. The predicted molar refractivity (Wildman–Crippen MR) is 222 cm³/mol. The maximum absolute atomic E-state index is 2.48. The maximum Gasteiger partial charge on any atom is 0.0541 e. The molecule has 0 bridgehead atoms. The molecule has 1 aliphatic heterocycles. The predicted octanol–water partition coefficient (Wildman–Crippen LogP) is 13.9. The lowest BCUT2D eigenvalue weighted by Gasteiger charge is -2.32. The molecule has 0 aliphatic carbocycles. The Labute approximate surface area is 303 Å². The minimum Gasteiger partial charge on any atom is -0.341 e. The molecule has 8 aromatic rings. The molecule has 2 heteroatoms. The molecule has 0 saturated carbocycles. The van der Waals surface area contributed by atoms with Crippen LogP contribution >= 0.6 is 0 Å². The first kappa shape index (κ1) is 33.6. The number of fused-ring (bicyclic) bond motifs is 4. The van der Waals surface area contributed by atoms with Gasteiger partial charge in [0, 0.05) is 34.4 Å². The fourth-order valence-electron chi connectivity index (χ4n) is 7.37. The first-order valence-electron chi connectivity index (χ1n) is 18.6. The first-order chi connectivity index (χ1) is 25.3. The van der Waals surface area contributed by atoms with Gasteiger partial charge in [0.1, 0.15) is 0 Å². The first-order valence-corrected chi connectivity index (χ1v) is 18.6. The van der Waals surface area contributed by atoms with Crippen LogP contribution in [0.5, 0.6) is 0 Å². The zero-order chi connectivity index (χ0) is 35.2. The van der Waals surface area contributed by atoms with Crippen molar-refractivity contribution in [1.29, 1.82) is 0 Å². The van der Waals surface area contributed by atoms with Crippen LogP contribution in [0.15, 0.2) is 170 Å². The highest BCUT2D eigenvalue weighted by Gasteiger charge is 2.19. The largest absolute Gasteiger partial charge is 0.341 e. The van der Waals surface area contributed by atoms with Gasteiger partial charge in [0.05, 0.1) is 11.0 Å². The van der Waals surface area contributed by atoms with Gasteiger partial charge in [-0.25, -0.2) is 0 Å². The van der Waals surface area contributed by atoms with Gasteiger partial charge in [0.25, 0.3) is 0 Å². The van der Waals surface area contributed by atoms with Gasteiger partial charge in [0.2, 0.25) is 0 Å². The Balaban J connectivity index is 0.000000983. The zero-order valence-electron chi connectivity index (χ0n) is 30.2. The van der Waals surface area contributed by atoms with Gasteiger partial charge in [0.15, 0.2) is 0 Å². The molecule has 2 nitrogen and oxygen atoms in total. The third-order valence-corrected chi connectivity index (χ3v) is 9.74. The van der Waals surface area contributed by atoms with Crippen LogP contribution in [-0.2, 0) is 6.42 Å². The quantitative estimate of drug-likeness (QED) is 0.178. The number of para-hydroxylation sites is 2. The number of rotatable bonds is 5. The van der Waals surface area contributed by atoms with Gasteiger partial charge in [-0.05, 0) is 100 Å². The van der Waals surface area contributed by atoms with Crippen molar-refractivity contribution in [2.24, 2.45) is 0 Å². The molecule has 9 rings (SSSR count). The van der Waals surface area contributed by atoms with Crippen molar-refractivity contribution in [3.63, 3.8) is 0 Å². The molecular weight excluding hydrogens is 617 g/mol. The second kappa shape index (κ2) is 15.4. The van der Waals surface area contributed by atoms with Gasteiger partial charge >= 0.3 is 0 Å². The van der Waals surface area contributed by atoms with E-state index in [1.165, 1.54) is 77.8 Å². The van der Waals surface area contributed by atoms with E-state index < -0.39 is 0 Å². The summed E-state index contributed by atoms with van der Waals surface area (Å²) >= 11 is 0. The Morgan fingerprint density at radius 1 is 0.392 bits per heavy atom. The molecule has 7 aromatic carbocycles. The molecule has 1 aliphatic rings. The smallest absolute Gasteiger partial charge is 0.0541 e. The second-order valence-corrected chi connectivity index (χ2v) is 12.5. The number of anilines is 2. The van der Waals surface area contributed by atoms with Crippen molar-refractivity contribution in [2.75, 3.05) is 11.4 Å². The maximum atomic E-state index is 2.48. The molecule has 0 radical (unpaired) electrons. The average molecular weight is 663 g/mol. The van der Waals surface area contributed by atoms with E-state index in [-0.39, 0.29) is 0 Å². The highest BCUT2D eigenvalue weighted by atomic mass is 15.1. The SMILES string of the molecule is CC.CC.c1ccc(-c2ccc3c(c2)CCCN3c2ccc(-c3ccc(-c4ccc(-n5c6ccccc6c6ccccc65)cc4)cc3)cc2)cc1. The van der Waals surface area contributed by atoms with E-state index in [0.717, 1.165) is 19.4 Å². The number of aromatic nitrogens is 1. The summed E-state index contributed by atoms with van der Waals surface area (Å²) in [7, 11) is 0. The normalized spacial score (nSPS) is 12.0. The van der Waals surface area contributed by atoms with Crippen molar-refractivity contribution >= 4 is 33.2 Å². The summed E-state index contributed by atoms with van der Waals surface area (Å²) in [6.07, 6.45) is 2.29. The van der Waals surface area contributed by atoms with E-state index in [0.29, 0.717) is 0 Å². The molecule has 1 aromatic heterocycles. The van der Waals surface area contributed by atoms with Gasteiger partial charge < -0.3 is 9.47 Å². The number of aryl methyl sites for hydroxylation is 1. The fourth-order valence-corrected chi connectivity index (χ4v) is 7.37. The molecule has 252 valence electrons. The monoisotopic (exact) mass is 662 g/mol. The molecule has 0 saturated heterocycles. The summed E-state index contributed by atoms with van der Waals surface area (Å²) < 4.78 is 2.37. The number of nitrogens with zero attached hydrogens (tertiary/aromatic N) is 2. The third kappa shape index (κ3) is 6.58. The Morgan fingerprint density at radius 2 is 0.824 bits per heavy atom. The van der Waals surface area contributed by atoms with E-state index in [2.05, 4.69) is 179 Å². The van der Waals surface area contributed by atoms with Gasteiger partial charge in [-0.1, -0.05) is 149 Å². The van der Waals surface area contributed by atoms with Crippen LogP contribution < -0.4 is 4.90 Å². The van der Waals surface area contributed by atoms with Crippen LogP contribution in [0.25, 0.3) is 60.9 Å². The van der Waals surface area contributed by atoms with E-state index in [1.54, 1.807) is 0 Å². The summed E-state index contributed by atoms with van der Waals surface area (Å²) in [4.78, 5) is 2.48. The molecule has 0 atom stereocenters. The lowest BCUT2D eigenvalue weighted by Crippen LogP contribution is -2.24. The lowest BCUT2D eigenvalue weighted by atomic mass is 9.95. The van der Waals surface area contributed by atoms with Gasteiger partial charge in [-0.3, -0.25) is 0 Å². The van der Waals surface area contributed by atoms with Crippen molar-refractivity contribution in [2.45, 2.75) is 40.5 Å². The molecule has 2 heterocycles. The lowest BCUT2D eigenvalue weighted by molar-refractivity contribution is 0.767. The highest BCUT2D eigenvalue weighted by molar-refractivity contribution is 6.09. The van der Waals surface area contributed by atoms with E-state index in [9.17, 15) is 0 Å².